The summed E-state index contributed by atoms with van der Waals surface area (Å²) in [6, 6.07) is 7.37. The molecule has 0 aliphatic heterocycles. The van der Waals surface area contributed by atoms with E-state index in [1.165, 1.54) is 5.56 Å². The molecule has 1 atom stereocenters. The average molecular weight is 214 g/mol. The maximum Gasteiger partial charge on any atom is 0.115 e. The lowest BCUT2D eigenvalue weighted by Crippen LogP contribution is -1.79. The third kappa shape index (κ3) is 8.07. The van der Waals surface area contributed by atoms with Crippen molar-refractivity contribution in [1.82, 2.24) is 0 Å². The van der Waals surface area contributed by atoms with Gasteiger partial charge >= 0.3 is 0 Å². The van der Waals surface area contributed by atoms with E-state index >= 15 is 0 Å². The van der Waals surface area contributed by atoms with E-state index in [2.05, 4.69) is 16.2 Å². The van der Waals surface area contributed by atoms with Gasteiger partial charge in [0, 0.05) is 0 Å². The van der Waals surface area contributed by atoms with Gasteiger partial charge in [-0.3, -0.25) is 0 Å². The van der Waals surface area contributed by atoms with Crippen LogP contribution in [0.1, 0.15) is 32.8 Å². The zero-order valence-corrected chi connectivity index (χ0v) is 10.9. The van der Waals surface area contributed by atoms with Gasteiger partial charge < -0.3 is 5.11 Å². The molecule has 14 heavy (non-hydrogen) atoms. The van der Waals surface area contributed by atoms with Gasteiger partial charge in [-0.2, -0.15) is 0 Å². The van der Waals surface area contributed by atoms with Gasteiger partial charge in [0.2, 0.25) is 0 Å². The highest BCUT2D eigenvalue weighted by Crippen LogP contribution is 2.10. The zero-order chi connectivity index (χ0) is 11.4. The lowest BCUT2D eigenvalue weighted by atomic mass is 10.1. The number of hydrogen-bond donors (Lipinski definition) is 1. The summed E-state index contributed by atoms with van der Waals surface area (Å²) in [5, 5.41) is 8.92. The first kappa shape index (κ1) is 15.9. The first-order chi connectivity index (χ1) is 6.83. The summed E-state index contributed by atoms with van der Waals surface area (Å²) in [5.74, 6) is 0.347. The smallest absolute Gasteiger partial charge is 0.115 e. The number of aromatic hydroxyl groups is 1. The average Bonchev–Trinajstić information content (AvgIpc) is 2.28. The van der Waals surface area contributed by atoms with Crippen molar-refractivity contribution in [3.05, 3.63) is 29.8 Å². The quantitative estimate of drug-likeness (QED) is 0.741. The number of phenols is 1. The Kier molecular flexibility index (Phi) is 14.1. The summed E-state index contributed by atoms with van der Waals surface area (Å²) in [7, 11) is 2.42. The SMILES string of the molecule is CC.CCCc1ccc(O)cc1.CP. The van der Waals surface area contributed by atoms with Crippen molar-refractivity contribution < 1.29 is 5.11 Å². The molecule has 0 radical (unpaired) electrons. The Morgan fingerprint density at radius 1 is 1.07 bits per heavy atom. The lowest BCUT2D eigenvalue weighted by Gasteiger charge is -1.96. The van der Waals surface area contributed by atoms with Crippen LogP contribution in [0.2, 0.25) is 0 Å². The topological polar surface area (TPSA) is 20.2 Å². The summed E-state index contributed by atoms with van der Waals surface area (Å²) in [4.78, 5) is 0. The minimum atomic E-state index is 0.347. The lowest BCUT2D eigenvalue weighted by molar-refractivity contribution is 0.475. The molecule has 0 heterocycles. The van der Waals surface area contributed by atoms with Gasteiger partial charge in [0.1, 0.15) is 5.75 Å². The first-order valence-electron chi connectivity index (χ1n) is 5.18. The van der Waals surface area contributed by atoms with Crippen LogP contribution in [0.4, 0.5) is 0 Å². The van der Waals surface area contributed by atoms with Gasteiger partial charge in [-0.1, -0.05) is 46.0 Å². The molecule has 82 valence electrons. The normalized spacial score (nSPS) is 7.79. The van der Waals surface area contributed by atoms with Crippen LogP contribution in [0.25, 0.3) is 0 Å². The maximum atomic E-state index is 8.92. The summed E-state index contributed by atoms with van der Waals surface area (Å²) in [6.07, 6.45) is 2.26. The summed E-state index contributed by atoms with van der Waals surface area (Å²) >= 11 is 0. The highest BCUT2D eigenvalue weighted by molar-refractivity contribution is 7.15. The van der Waals surface area contributed by atoms with E-state index in [0.717, 1.165) is 12.8 Å². The molecule has 2 heteroatoms. The van der Waals surface area contributed by atoms with Crippen LogP contribution >= 0.6 is 9.24 Å². The van der Waals surface area contributed by atoms with Crippen molar-refractivity contribution >= 4 is 9.24 Å². The third-order valence-corrected chi connectivity index (χ3v) is 1.48. The fraction of sp³-hybridized carbons (Fsp3) is 0.500. The van der Waals surface area contributed by atoms with Crippen molar-refractivity contribution in [3.8, 4) is 5.75 Å². The Hall–Kier alpha value is -0.550. The van der Waals surface area contributed by atoms with Gasteiger partial charge in [-0.25, -0.2) is 0 Å². The van der Waals surface area contributed by atoms with E-state index in [1.807, 2.05) is 32.6 Å². The van der Waals surface area contributed by atoms with E-state index in [0.29, 0.717) is 5.75 Å². The van der Waals surface area contributed by atoms with Crippen molar-refractivity contribution in [1.29, 1.82) is 0 Å². The molecule has 1 unspecified atom stereocenters. The molecule has 1 aromatic carbocycles. The van der Waals surface area contributed by atoms with Crippen molar-refractivity contribution in [2.75, 3.05) is 6.66 Å². The van der Waals surface area contributed by atoms with E-state index in [9.17, 15) is 0 Å². The van der Waals surface area contributed by atoms with Gasteiger partial charge in [0.05, 0.1) is 0 Å². The van der Waals surface area contributed by atoms with Gasteiger partial charge in [0.25, 0.3) is 0 Å². The molecule has 1 nitrogen and oxygen atoms in total. The summed E-state index contributed by atoms with van der Waals surface area (Å²) < 4.78 is 0. The zero-order valence-electron chi connectivity index (χ0n) is 9.75. The minimum Gasteiger partial charge on any atom is -0.508 e. The van der Waals surface area contributed by atoms with Crippen LogP contribution in [0.3, 0.4) is 0 Å². The van der Waals surface area contributed by atoms with E-state index in [-0.39, 0.29) is 0 Å². The van der Waals surface area contributed by atoms with Crippen LogP contribution in [0.15, 0.2) is 24.3 Å². The fourth-order valence-electron chi connectivity index (χ4n) is 0.951. The molecular weight excluding hydrogens is 191 g/mol. The molecule has 0 aliphatic carbocycles. The molecule has 0 amide bonds. The molecular formula is C12H23OP. The highest BCUT2D eigenvalue weighted by atomic mass is 31.0. The minimum absolute atomic E-state index is 0.347. The second-order valence-electron chi connectivity index (χ2n) is 2.42. The fourth-order valence-corrected chi connectivity index (χ4v) is 0.951. The number of hydrogen-bond acceptors (Lipinski definition) is 1. The molecule has 1 rings (SSSR count). The standard InChI is InChI=1S/C9H12O.C2H6.CH5P/c1-2-3-8-4-6-9(10)7-5-8;2*1-2/h4-7,10H,2-3H2,1H3;1-2H3;2H2,1H3. The molecule has 0 aromatic heterocycles. The predicted octanol–water partition coefficient (Wildman–Crippen LogP) is 3.86. The Balaban J connectivity index is 0. The molecule has 0 aliphatic rings. The van der Waals surface area contributed by atoms with Gasteiger partial charge in [0.15, 0.2) is 0 Å². The number of rotatable bonds is 2. The first-order valence-corrected chi connectivity index (χ1v) is 6.34. The van der Waals surface area contributed by atoms with Crippen molar-refractivity contribution in [2.24, 2.45) is 0 Å². The Morgan fingerprint density at radius 3 is 1.86 bits per heavy atom. The molecule has 0 bridgehead atoms. The van der Waals surface area contributed by atoms with Crippen molar-refractivity contribution in [3.63, 3.8) is 0 Å². The largest absolute Gasteiger partial charge is 0.508 e. The second-order valence-corrected chi connectivity index (χ2v) is 2.42. The van der Waals surface area contributed by atoms with Crippen LogP contribution in [0, 0.1) is 0 Å². The van der Waals surface area contributed by atoms with E-state index in [1.54, 1.807) is 12.1 Å². The van der Waals surface area contributed by atoms with Gasteiger partial charge in [-0.05, 0) is 24.1 Å². The summed E-state index contributed by atoms with van der Waals surface area (Å²) in [6.45, 7) is 8.06. The van der Waals surface area contributed by atoms with Crippen LogP contribution in [-0.4, -0.2) is 11.8 Å². The Morgan fingerprint density at radius 2 is 1.50 bits per heavy atom. The number of aryl methyl sites for hydroxylation is 1. The summed E-state index contributed by atoms with van der Waals surface area (Å²) in [5.41, 5.74) is 1.29. The van der Waals surface area contributed by atoms with E-state index < -0.39 is 0 Å². The van der Waals surface area contributed by atoms with Gasteiger partial charge in [-0.15, -0.1) is 9.24 Å². The van der Waals surface area contributed by atoms with Crippen molar-refractivity contribution in [2.45, 2.75) is 33.6 Å². The number of phenolic OH excluding ortho intramolecular Hbond substituents is 1. The predicted molar refractivity (Wildman–Crippen MR) is 69.1 cm³/mol. The second kappa shape index (κ2) is 12.4. The molecule has 1 N–H and O–H groups in total. The van der Waals surface area contributed by atoms with Crippen LogP contribution in [-0.2, 0) is 6.42 Å². The molecule has 0 spiro atoms. The molecule has 1 aromatic rings. The molecule has 0 saturated carbocycles. The Labute approximate surface area is 90.8 Å². The molecule has 0 fully saturated rings. The van der Waals surface area contributed by atoms with Crippen LogP contribution < -0.4 is 0 Å². The van der Waals surface area contributed by atoms with Crippen LogP contribution in [0.5, 0.6) is 5.75 Å². The molecule has 0 saturated heterocycles. The number of benzene rings is 1. The monoisotopic (exact) mass is 214 g/mol. The van der Waals surface area contributed by atoms with E-state index in [4.69, 9.17) is 5.11 Å². The Bertz CT molecular complexity index is 194. The highest BCUT2D eigenvalue weighted by Gasteiger charge is 1.89. The maximum absolute atomic E-state index is 8.92. The third-order valence-electron chi connectivity index (χ3n) is 1.48.